The van der Waals surface area contributed by atoms with Gasteiger partial charge < -0.3 is 14.5 Å². The lowest BCUT2D eigenvalue weighted by molar-refractivity contribution is -0.384. The number of nitrogens with zero attached hydrogens (tertiary/aromatic N) is 3. The van der Waals surface area contributed by atoms with E-state index < -0.39 is 16.5 Å². The van der Waals surface area contributed by atoms with E-state index >= 15 is 0 Å². The second-order valence-electron chi connectivity index (χ2n) is 10.6. The van der Waals surface area contributed by atoms with Crippen molar-refractivity contribution >= 4 is 11.7 Å². The van der Waals surface area contributed by atoms with Gasteiger partial charge in [0.25, 0.3) is 5.69 Å². The molecule has 2 aromatic rings. The van der Waals surface area contributed by atoms with Gasteiger partial charge in [-0.1, -0.05) is 50.1 Å². The summed E-state index contributed by atoms with van der Waals surface area (Å²) in [4.78, 5) is 29.1. The number of piperidine rings is 1. The Balaban J connectivity index is 1.75. The molecule has 0 amide bonds. The van der Waals surface area contributed by atoms with Gasteiger partial charge in [0.15, 0.2) is 0 Å². The van der Waals surface area contributed by atoms with E-state index in [0.29, 0.717) is 12.0 Å². The molecule has 2 heterocycles. The highest BCUT2D eigenvalue weighted by molar-refractivity contribution is 5.90. The third-order valence-corrected chi connectivity index (χ3v) is 8.00. The maximum absolute atomic E-state index is 13.6. The number of likely N-dealkylation sites (tertiary alicyclic amines) is 2. The number of nitro groups is 1. The van der Waals surface area contributed by atoms with E-state index in [4.69, 9.17) is 4.74 Å². The molecule has 0 spiro atoms. The summed E-state index contributed by atoms with van der Waals surface area (Å²) in [7, 11) is 2.15. The molecule has 7 heteroatoms. The van der Waals surface area contributed by atoms with Gasteiger partial charge in [-0.3, -0.25) is 10.1 Å². The highest BCUT2D eigenvalue weighted by Gasteiger charge is 2.57. The largest absolute Gasteiger partial charge is 0.450 e. The Morgan fingerprint density at radius 3 is 2.29 bits per heavy atom. The average Bonchev–Trinajstić information content (AvgIpc) is 3.11. The summed E-state index contributed by atoms with van der Waals surface area (Å²) in [6.45, 7) is 8.21. The third kappa shape index (κ3) is 5.26. The first-order valence-corrected chi connectivity index (χ1v) is 12.7. The summed E-state index contributed by atoms with van der Waals surface area (Å²) < 4.78 is 6.60. The van der Waals surface area contributed by atoms with Crippen LogP contribution in [-0.2, 0) is 10.3 Å². The van der Waals surface area contributed by atoms with Gasteiger partial charge in [-0.25, -0.2) is 4.79 Å². The molecule has 2 aromatic carbocycles. The number of hydrogen-bond acceptors (Lipinski definition) is 6. The zero-order chi connectivity index (χ0) is 25.1. The fourth-order valence-electron chi connectivity index (χ4n) is 5.95. The SMILES string of the molecule is CC1CC(OC(=O)c2ccc([N+](=O)[O-])cc2)(c2ccccc2)C(C)(CN2CCCCCC2)CN1C. The minimum atomic E-state index is -0.828. The van der Waals surface area contributed by atoms with Crippen LogP contribution in [0.3, 0.4) is 0 Å². The van der Waals surface area contributed by atoms with Crippen molar-refractivity contribution in [1.29, 1.82) is 0 Å². The Labute approximate surface area is 208 Å². The summed E-state index contributed by atoms with van der Waals surface area (Å²) in [5.41, 5.74) is 0.113. The van der Waals surface area contributed by atoms with Crippen molar-refractivity contribution in [2.45, 2.75) is 57.6 Å². The predicted octanol–water partition coefficient (Wildman–Crippen LogP) is 5.25. The maximum Gasteiger partial charge on any atom is 0.339 e. The molecule has 0 aliphatic carbocycles. The first-order chi connectivity index (χ1) is 16.7. The fraction of sp³-hybridized carbons (Fsp3) is 0.536. The van der Waals surface area contributed by atoms with Crippen molar-refractivity contribution in [2.75, 3.05) is 33.2 Å². The molecule has 188 valence electrons. The summed E-state index contributed by atoms with van der Waals surface area (Å²) in [6, 6.07) is 16.1. The van der Waals surface area contributed by atoms with Crippen LogP contribution >= 0.6 is 0 Å². The lowest BCUT2D eigenvalue weighted by atomic mass is 9.63. The van der Waals surface area contributed by atoms with Crippen molar-refractivity contribution in [3.05, 3.63) is 75.8 Å². The zero-order valence-corrected chi connectivity index (χ0v) is 21.1. The molecule has 0 aromatic heterocycles. The molecule has 2 aliphatic heterocycles. The van der Waals surface area contributed by atoms with Crippen LogP contribution in [0.4, 0.5) is 5.69 Å². The van der Waals surface area contributed by atoms with Crippen LogP contribution in [0.15, 0.2) is 54.6 Å². The second-order valence-corrected chi connectivity index (χ2v) is 10.6. The Hall–Kier alpha value is -2.77. The number of rotatable bonds is 6. The molecule has 35 heavy (non-hydrogen) atoms. The molecule has 2 saturated heterocycles. The van der Waals surface area contributed by atoms with E-state index in [1.807, 2.05) is 18.2 Å². The van der Waals surface area contributed by atoms with Crippen LogP contribution < -0.4 is 0 Å². The topological polar surface area (TPSA) is 75.9 Å². The van der Waals surface area contributed by atoms with Crippen molar-refractivity contribution in [3.63, 3.8) is 0 Å². The summed E-state index contributed by atoms with van der Waals surface area (Å²) in [5.74, 6) is -0.442. The molecule has 4 rings (SSSR count). The summed E-state index contributed by atoms with van der Waals surface area (Å²) in [5, 5.41) is 11.1. The molecule has 0 radical (unpaired) electrons. The number of carbonyl (C=O) groups is 1. The highest BCUT2D eigenvalue weighted by atomic mass is 16.6. The predicted molar refractivity (Wildman–Crippen MR) is 136 cm³/mol. The van der Waals surface area contributed by atoms with Crippen LogP contribution in [-0.4, -0.2) is 60.0 Å². The normalized spacial score (nSPS) is 28.3. The first-order valence-electron chi connectivity index (χ1n) is 12.7. The van der Waals surface area contributed by atoms with E-state index in [1.54, 1.807) is 0 Å². The van der Waals surface area contributed by atoms with Gasteiger partial charge in [-0.05, 0) is 57.6 Å². The summed E-state index contributed by atoms with van der Waals surface area (Å²) >= 11 is 0. The maximum atomic E-state index is 13.6. The number of hydrogen-bond donors (Lipinski definition) is 0. The number of nitro benzene ring substituents is 1. The van der Waals surface area contributed by atoms with Crippen LogP contribution in [0.2, 0.25) is 0 Å². The van der Waals surface area contributed by atoms with Crippen LogP contribution in [0, 0.1) is 15.5 Å². The Kier molecular flexibility index (Phi) is 7.57. The van der Waals surface area contributed by atoms with Gasteiger partial charge in [-0.15, -0.1) is 0 Å². The number of carbonyl (C=O) groups excluding carboxylic acids is 1. The molecule has 7 nitrogen and oxygen atoms in total. The van der Waals surface area contributed by atoms with Crippen molar-refractivity contribution in [3.8, 4) is 0 Å². The average molecular weight is 480 g/mol. The quantitative estimate of drug-likeness (QED) is 0.320. The van der Waals surface area contributed by atoms with Gasteiger partial charge in [0.1, 0.15) is 5.60 Å². The van der Waals surface area contributed by atoms with E-state index in [-0.39, 0.29) is 17.1 Å². The van der Waals surface area contributed by atoms with Crippen LogP contribution in [0.25, 0.3) is 0 Å². The Morgan fingerprint density at radius 1 is 1.06 bits per heavy atom. The van der Waals surface area contributed by atoms with Crippen molar-refractivity contribution in [2.24, 2.45) is 5.41 Å². The van der Waals surface area contributed by atoms with E-state index in [1.165, 1.54) is 49.9 Å². The first kappa shape index (κ1) is 25.3. The van der Waals surface area contributed by atoms with E-state index in [0.717, 1.165) is 31.7 Å². The molecule has 3 unspecified atom stereocenters. The molecule has 0 N–H and O–H groups in total. The number of non-ortho nitro benzene ring substituents is 1. The molecule has 3 atom stereocenters. The van der Waals surface area contributed by atoms with Gasteiger partial charge in [0.2, 0.25) is 0 Å². The third-order valence-electron chi connectivity index (χ3n) is 8.00. The standard InChI is InChI=1S/C28H37N3O4/c1-22-19-28(24-11-7-6-8-12-24,35-26(32)23-13-15-25(16-14-23)31(33)34)27(2,20-29(22)3)21-30-17-9-4-5-10-18-30/h6-8,11-16,22H,4-5,9-10,17-21H2,1-3H3. The van der Waals surface area contributed by atoms with Crippen molar-refractivity contribution in [1.82, 2.24) is 9.80 Å². The molecule has 2 fully saturated rings. The lowest BCUT2D eigenvalue weighted by Crippen LogP contribution is -2.63. The number of ether oxygens (including phenoxy) is 1. The van der Waals surface area contributed by atoms with Crippen LogP contribution in [0.1, 0.15) is 61.9 Å². The van der Waals surface area contributed by atoms with Gasteiger partial charge >= 0.3 is 5.97 Å². The fourth-order valence-corrected chi connectivity index (χ4v) is 5.95. The zero-order valence-electron chi connectivity index (χ0n) is 21.1. The van der Waals surface area contributed by atoms with E-state index in [2.05, 4.69) is 42.8 Å². The summed E-state index contributed by atoms with van der Waals surface area (Å²) in [6.07, 6.45) is 5.61. The monoisotopic (exact) mass is 479 g/mol. The highest BCUT2D eigenvalue weighted by Crippen LogP contribution is 2.51. The van der Waals surface area contributed by atoms with Crippen molar-refractivity contribution < 1.29 is 14.5 Å². The smallest absolute Gasteiger partial charge is 0.339 e. The van der Waals surface area contributed by atoms with Crippen LogP contribution in [0.5, 0.6) is 0 Å². The van der Waals surface area contributed by atoms with Gasteiger partial charge in [0, 0.05) is 43.1 Å². The van der Waals surface area contributed by atoms with Gasteiger partial charge in [0.05, 0.1) is 10.5 Å². The number of benzene rings is 2. The number of esters is 1. The van der Waals surface area contributed by atoms with E-state index in [9.17, 15) is 14.9 Å². The minimum absolute atomic E-state index is 0.0433. The molecule has 0 bridgehead atoms. The molecular weight excluding hydrogens is 442 g/mol. The Morgan fingerprint density at radius 2 is 1.69 bits per heavy atom. The molecule has 2 aliphatic rings. The second kappa shape index (κ2) is 10.5. The molecule has 0 saturated carbocycles. The minimum Gasteiger partial charge on any atom is -0.450 e. The molecular formula is C28H37N3O4. The van der Waals surface area contributed by atoms with Gasteiger partial charge in [-0.2, -0.15) is 0 Å². The Bertz CT molecular complexity index is 1020. The lowest BCUT2D eigenvalue weighted by Gasteiger charge is -2.57.